The van der Waals surface area contributed by atoms with E-state index in [0.29, 0.717) is 45.4 Å². The third-order valence-corrected chi connectivity index (χ3v) is 6.52. The lowest BCUT2D eigenvalue weighted by atomic mass is 10.1. The van der Waals surface area contributed by atoms with Gasteiger partial charge in [0.25, 0.3) is 5.91 Å². The molecule has 8 nitrogen and oxygen atoms in total. The van der Waals surface area contributed by atoms with Crippen LogP contribution < -0.4 is 10.2 Å². The van der Waals surface area contributed by atoms with Crippen LogP contribution in [0.15, 0.2) is 18.5 Å². The number of nitrogens with one attached hydrogen (secondary N) is 1. The molecule has 2 unspecified atom stereocenters. The van der Waals surface area contributed by atoms with E-state index < -0.39 is 0 Å². The number of thiazole rings is 1. The van der Waals surface area contributed by atoms with E-state index in [1.807, 2.05) is 13.0 Å². The number of rotatable bonds is 3. The molecule has 3 aromatic rings. The quantitative estimate of drug-likeness (QED) is 0.636. The Balaban J connectivity index is 1.26. The second-order valence-corrected chi connectivity index (χ2v) is 9.13. The van der Waals surface area contributed by atoms with Crippen LogP contribution in [0.1, 0.15) is 41.0 Å². The summed E-state index contributed by atoms with van der Waals surface area (Å²) < 4.78 is 5.72. The number of amides is 1. The van der Waals surface area contributed by atoms with E-state index in [9.17, 15) is 4.79 Å². The Labute approximate surface area is 183 Å². The molecule has 2 saturated carbocycles. The second-order valence-electron chi connectivity index (χ2n) is 8.15. The van der Waals surface area contributed by atoms with Gasteiger partial charge in [0.2, 0.25) is 0 Å². The monoisotopic (exact) mass is 432 g/mol. The molecular weight excluding hydrogens is 412 g/mol. The number of hydrogen-bond acceptors (Lipinski definition) is 8. The SMILES string of the molecule is Cc1cc(N2CCOC3CC32)c(C(=O)Nc2nc3ncc(C#CC4CC4)nc3s2)cn1. The van der Waals surface area contributed by atoms with Gasteiger partial charge >= 0.3 is 0 Å². The number of aryl methyl sites for hydroxylation is 1. The lowest BCUT2D eigenvalue weighted by Crippen LogP contribution is -2.38. The lowest BCUT2D eigenvalue weighted by Gasteiger charge is -2.30. The van der Waals surface area contributed by atoms with Crippen molar-refractivity contribution in [1.29, 1.82) is 0 Å². The Morgan fingerprint density at radius 1 is 1.29 bits per heavy atom. The third kappa shape index (κ3) is 3.73. The van der Waals surface area contributed by atoms with Crippen LogP contribution in [0.5, 0.6) is 0 Å². The number of hydrogen-bond donors (Lipinski definition) is 1. The molecule has 31 heavy (non-hydrogen) atoms. The second kappa shape index (κ2) is 7.25. The van der Waals surface area contributed by atoms with Gasteiger partial charge in [-0.1, -0.05) is 17.3 Å². The van der Waals surface area contributed by atoms with E-state index >= 15 is 0 Å². The molecule has 1 saturated heterocycles. The number of morpholine rings is 1. The van der Waals surface area contributed by atoms with Gasteiger partial charge in [-0.3, -0.25) is 15.1 Å². The van der Waals surface area contributed by atoms with Gasteiger partial charge in [0.15, 0.2) is 15.6 Å². The number of aromatic nitrogens is 4. The molecule has 2 atom stereocenters. The number of anilines is 2. The molecule has 3 aromatic heterocycles. The summed E-state index contributed by atoms with van der Waals surface area (Å²) in [4.78, 5) is 33.7. The fraction of sp³-hybridized carbons (Fsp3) is 0.409. The molecule has 4 heterocycles. The maximum atomic E-state index is 13.1. The Bertz CT molecular complexity index is 1260. The van der Waals surface area contributed by atoms with Crippen molar-refractivity contribution in [2.45, 2.75) is 38.3 Å². The molecule has 9 heteroatoms. The van der Waals surface area contributed by atoms with Crippen molar-refractivity contribution >= 4 is 38.5 Å². The molecule has 0 spiro atoms. The molecule has 2 aliphatic carbocycles. The normalized spacial score (nSPS) is 21.9. The highest BCUT2D eigenvalue weighted by Gasteiger charge is 2.46. The van der Waals surface area contributed by atoms with Crippen molar-refractivity contribution in [2.75, 3.05) is 23.4 Å². The summed E-state index contributed by atoms with van der Waals surface area (Å²) in [6, 6.07) is 2.31. The summed E-state index contributed by atoms with van der Waals surface area (Å²) in [6.45, 7) is 3.37. The van der Waals surface area contributed by atoms with Crippen LogP contribution >= 0.6 is 11.3 Å². The summed E-state index contributed by atoms with van der Waals surface area (Å²) >= 11 is 1.30. The van der Waals surface area contributed by atoms with E-state index in [1.54, 1.807) is 12.4 Å². The van der Waals surface area contributed by atoms with Crippen molar-refractivity contribution in [3.63, 3.8) is 0 Å². The van der Waals surface area contributed by atoms with E-state index in [4.69, 9.17) is 4.74 Å². The Kier molecular flexibility index (Phi) is 4.37. The van der Waals surface area contributed by atoms with Crippen LogP contribution in [0.4, 0.5) is 10.8 Å². The summed E-state index contributed by atoms with van der Waals surface area (Å²) in [5.74, 6) is 6.53. The molecule has 156 valence electrons. The van der Waals surface area contributed by atoms with Crippen LogP contribution in [-0.2, 0) is 4.74 Å². The lowest BCUT2D eigenvalue weighted by molar-refractivity contribution is 0.100. The largest absolute Gasteiger partial charge is 0.374 e. The number of pyridine rings is 1. The van der Waals surface area contributed by atoms with Crippen molar-refractivity contribution in [3.05, 3.63) is 35.4 Å². The maximum Gasteiger partial charge on any atom is 0.261 e. The highest BCUT2D eigenvalue weighted by atomic mass is 32.1. The summed E-state index contributed by atoms with van der Waals surface area (Å²) in [5, 5.41) is 3.37. The Morgan fingerprint density at radius 3 is 3.06 bits per heavy atom. The zero-order valence-corrected chi connectivity index (χ0v) is 17.8. The van der Waals surface area contributed by atoms with Gasteiger partial charge in [-0.05, 0) is 38.2 Å². The fourth-order valence-electron chi connectivity index (χ4n) is 3.80. The first-order valence-corrected chi connectivity index (χ1v) is 11.3. The van der Waals surface area contributed by atoms with Crippen molar-refractivity contribution < 1.29 is 9.53 Å². The minimum atomic E-state index is -0.237. The molecule has 0 radical (unpaired) electrons. The van der Waals surface area contributed by atoms with Gasteiger partial charge in [-0.2, -0.15) is 4.98 Å². The van der Waals surface area contributed by atoms with Crippen molar-refractivity contribution in [1.82, 2.24) is 19.9 Å². The first kappa shape index (κ1) is 18.7. The minimum Gasteiger partial charge on any atom is -0.374 e. The topological polar surface area (TPSA) is 93.1 Å². The average molecular weight is 433 g/mol. The fourth-order valence-corrected chi connectivity index (χ4v) is 4.59. The number of carbonyl (C=O) groups excluding carboxylic acids is 1. The smallest absolute Gasteiger partial charge is 0.261 e. The van der Waals surface area contributed by atoms with Crippen LogP contribution in [0.25, 0.3) is 10.5 Å². The zero-order chi connectivity index (χ0) is 20.9. The summed E-state index contributed by atoms with van der Waals surface area (Å²) in [6.07, 6.45) is 6.89. The van der Waals surface area contributed by atoms with Crippen LogP contribution in [0.3, 0.4) is 0 Å². The van der Waals surface area contributed by atoms with Gasteiger partial charge in [-0.25, -0.2) is 9.97 Å². The van der Waals surface area contributed by atoms with Gasteiger partial charge < -0.3 is 9.64 Å². The number of ether oxygens (including phenoxy) is 1. The van der Waals surface area contributed by atoms with Crippen LogP contribution in [0, 0.1) is 24.7 Å². The van der Waals surface area contributed by atoms with Crippen molar-refractivity contribution in [3.8, 4) is 11.8 Å². The van der Waals surface area contributed by atoms with Gasteiger partial charge in [0.05, 0.1) is 36.2 Å². The highest BCUT2D eigenvalue weighted by Crippen LogP contribution is 2.39. The van der Waals surface area contributed by atoms with E-state index in [-0.39, 0.29) is 12.0 Å². The van der Waals surface area contributed by atoms with Gasteiger partial charge in [0.1, 0.15) is 5.69 Å². The minimum absolute atomic E-state index is 0.237. The molecule has 1 amide bonds. The molecule has 1 N–H and O–H groups in total. The van der Waals surface area contributed by atoms with Crippen LogP contribution in [-0.4, -0.2) is 51.1 Å². The number of fused-ring (bicyclic) bond motifs is 2. The van der Waals surface area contributed by atoms with Gasteiger partial charge in [-0.15, -0.1) is 0 Å². The first-order valence-electron chi connectivity index (χ1n) is 10.5. The van der Waals surface area contributed by atoms with Gasteiger partial charge in [0, 0.05) is 24.4 Å². The van der Waals surface area contributed by atoms with Crippen molar-refractivity contribution in [2.24, 2.45) is 5.92 Å². The third-order valence-electron chi connectivity index (χ3n) is 5.66. The molecule has 6 rings (SSSR count). The summed E-state index contributed by atoms with van der Waals surface area (Å²) in [5.41, 5.74) is 3.46. The van der Waals surface area contributed by atoms with E-state index in [1.165, 1.54) is 24.2 Å². The molecule has 3 fully saturated rings. The Morgan fingerprint density at radius 2 is 2.19 bits per heavy atom. The molecule has 0 aromatic carbocycles. The highest BCUT2D eigenvalue weighted by molar-refractivity contribution is 7.21. The number of carbonyl (C=O) groups is 1. The van der Waals surface area contributed by atoms with Crippen LogP contribution in [0.2, 0.25) is 0 Å². The summed E-state index contributed by atoms with van der Waals surface area (Å²) in [7, 11) is 0. The Hall–Kier alpha value is -3.09. The molecule has 1 aliphatic heterocycles. The maximum absolute atomic E-state index is 13.1. The predicted molar refractivity (Wildman–Crippen MR) is 117 cm³/mol. The number of nitrogens with zero attached hydrogens (tertiary/aromatic N) is 5. The molecule has 0 bridgehead atoms. The zero-order valence-electron chi connectivity index (χ0n) is 17.0. The van der Waals surface area contributed by atoms with E-state index in [2.05, 4.69) is 42.0 Å². The molecular formula is C22H20N6O2S. The average Bonchev–Trinajstić information content (AvgIpc) is 3.68. The molecule has 3 aliphatic rings. The first-order chi connectivity index (χ1) is 15.1. The predicted octanol–water partition coefficient (Wildman–Crippen LogP) is 2.78. The standard InChI is InChI=1S/C22H20N6O2S/c1-12-8-16(28-6-7-30-18-9-17(18)28)15(11-23-12)20(29)27-22-26-19-21(31-22)25-14(10-24-19)5-4-13-2-3-13/h8,10-11,13,17-18H,2-3,6-7,9H2,1H3,(H,24,26,27,29). The van der Waals surface area contributed by atoms with E-state index in [0.717, 1.165) is 24.3 Å².